The molecule has 1 aromatic carbocycles. The third-order valence-electron chi connectivity index (χ3n) is 3.58. The molecule has 0 aromatic heterocycles. The summed E-state index contributed by atoms with van der Waals surface area (Å²) in [6.45, 7) is 2.23. The normalized spacial score (nSPS) is 20.1. The summed E-state index contributed by atoms with van der Waals surface area (Å²) in [5, 5.41) is 5.14. The van der Waals surface area contributed by atoms with Crippen LogP contribution in [0.5, 0.6) is 0 Å². The Bertz CT molecular complexity index is 670. The maximum Gasteiger partial charge on any atom is 0.251 e. The highest BCUT2D eigenvalue weighted by Gasteiger charge is 2.32. The number of carbonyl (C=O) groups excluding carboxylic acids is 2. The molecule has 0 saturated carbocycles. The van der Waals surface area contributed by atoms with E-state index in [2.05, 4.69) is 10.6 Å². The zero-order valence-electron chi connectivity index (χ0n) is 12.5. The molecule has 8 heteroatoms. The van der Waals surface area contributed by atoms with Crippen LogP contribution in [-0.2, 0) is 14.8 Å². The largest absolute Gasteiger partial charge is 0.355 e. The van der Waals surface area contributed by atoms with Gasteiger partial charge in [-0.2, -0.15) is 4.31 Å². The molecule has 1 saturated heterocycles. The van der Waals surface area contributed by atoms with Gasteiger partial charge in [-0.15, -0.1) is 0 Å². The van der Waals surface area contributed by atoms with Crippen molar-refractivity contribution in [3.05, 3.63) is 29.8 Å². The van der Waals surface area contributed by atoms with Gasteiger partial charge in [0.05, 0.1) is 4.90 Å². The molecule has 7 nitrogen and oxygen atoms in total. The lowest BCUT2D eigenvalue weighted by atomic mass is 10.2. The van der Waals surface area contributed by atoms with E-state index in [1.54, 1.807) is 6.92 Å². The third-order valence-corrected chi connectivity index (χ3v) is 5.60. The number of amides is 2. The van der Waals surface area contributed by atoms with E-state index in [9.17, 15) is 18.0 Å². The van der Waals surface area contributed by atoms with Crippen molar-refractivity contribution < 1.29 is 18.0 Å². The van der Waals surface area contributed by atoms with Crippen LogP contribution in [0.2, 0.25) is 0 Å². The zero-order valence-corrected chi connectivity index (χ0v) is 13.3. The number of nitrogens with one attached hydrogen (secondary N) is 2. The van der Waals surface area contributed by atoms with Crippen molar-refractivity contribution in [1.82, 2.24) is 14.9 Å². The van der Waals surface area contributed by atoms with Crippen LogP contribution in [0.1, 0.15) is 23.7 Å². The zero-order chi connectivity index (χ0) is 16.3. The summed E-state index contributed by atoms with van der Waals surface area (Å²) >= 11 is 0. The molecule has 1 aliphatic heterocycles. The van der Waals surface area contributed by atoms with E-state index >= 15 is 0 Å². The first-order valence-electron chi connectivity index (χ1n) is 6.97. The molecule has 1 aromatic rings. The number of carbonyl (C=O) groups is 2. The molecule has 0 bridgehead atoms. The van der Waals surface area contributed by atoms with Gasteiger partial charge in [-0.05, 0) is 31.2 Å². The highest BCUT2D eigenvalue weighted by atomic mass is 32.2. The van der Waals surface area contributed by atoms with Gasteiger partial charge in [0.15, 0.2) is 0 Å². The van der Waals surface area contributed by atoms with Crippen molar-refractivity contribution in [2.45, 2.75) is 24.3 Å². The van der Waals surface area contributed by atoms with E-state index in [0.29, 0.717) is 12.1 Å². The fourth-order valence-corrected chi connectivity index (χ4v) is 4.01. The smallest absolute Gasteiger partial charge is 0.251 e. The molecule has 1 fully saturated rings. The van der Waals surface area contributed by atoms with Crippen LogP contribution in [0.15, 0.2) is 29.2 Å². The molecular formula is C14H19N3O4S. The van der Waals surface area contributed by atoms with Gasteiger partial charge in [-0.25, -0.2) is 8.42 Å². The molecule has 0 radical (unpaired) electrons. The van der Waals surface area contributed by atoms with E-state index < -0.39 is 16.1 Å². The summed E-state index contributed by atoms with van der Waals surface area (Å²) in [5.74, 6) is -0.429. The molecule has 1 atom stereocenters. The second kappa shape index (κ2) is 6.45. The number of hydrogen-bond acceptors (Lipinski definition) is 4. The van der Waals surface area contributed by atoms with Gasteiger partial charge in [0.1, 0.15) is 0 Å². The van der Waals surface area contributed by atoms with Crippen molar-refractivity contribution in [1.29, 1.82) is 0 Å². The van der Waals surface area contributed by atoms with Gasteiger partial charge in [0, 0.05) is 38.2 Å². The third kappa shape index (κ3) is 3.28. The molecule has 1 unspecified atom stereocenters. The van der Waals surface area contributed by atoms with Crippen LogP contribution < -0.4 is 10.6 Å². The fourth-order valence-electron chi connectivity index (χ4n) is 2.38. The molecule has 2 N–H and O–H groups in total. The Hall–Kier alpha value is -1.93. The van der Waals surface area contributed by atoms with Crippen molar-refractivity contribution in [2.24, 2.45) is 0 Å². The van der Waals surface area contributed by atoms with Crippen molar-refractivity contribution in [3.63, 3.8) is 0 Å². The van der Waals surface area contributed by atoms with Gasteiger partial charge >= 0.3 is 0 Å². The maximum absolute atomic E-state index is 12.7. The van der Waals surface area contributed by atoms with Crippen LogP contribution >= 0.6 is 0 Å². The average Bonchev–Trinajstić information content (AvgIpc) is 2.67. The molecule has 0 spiro atoms. The lowest BCUT2D eigenvalue weighted by Crippen LogP contribution is -2.39. The minimum Gasteiger partial charge on any atom is -0.355 e. The van der Waals surface area contributed by atoms with Crippen molar-refractivity contribution in [2.75, 3.05) is 20.1 Å². The number of rotatable bonds is 3. The fraction of sp³-hybridized carbons (Fsp3) is 0.429. The van der Waals surface area contributed by atoms with Gasteiger partial charge in [0.2, 0.25) is 15.9 Å². The number of hydrogen-bond donors (Lipinski definition) is 2. The first-order valence-corrected chi connectivity index (χ1v) is 8.41. The number of nitrogens with zero attached hydrogens (tertiary/aromatic N) is 1. The van der Waals surface area contributed by atoms with Crippen LogP contribution in [0.25, 0.3) is 0 Å². The van der Waals surface area contributed by atoms with Gasteiger partial charge in [0.25, 0.3) is 5.91 Å². The number of sulfonamides is 1. The quantitative estimate of drug-likeness (QED) is 0.814. The molecule has 2 rings (SSSR count). The van der Waals surface area contributed by atoms with Crippen molar-refractivity contribution in [3.8, 4) is 0 Å². The van der Waals surface area contributed by atoms with Crippen LogP contribution in [0, 0.1) is 0 Å². The molecule has 1 aliphatic rings. The Labute approximate surface area is 129 Å². The van der Waals surface area contributed by atoms with Gasteiger partial charge in [-0.3, -0.25) is 9.59 Å². The molecule has 2 amide bonds. The first kappa shape index (κ1) is 16.4. The summed E-state index contributed by atoms with van der Waals surface area (Å²) in [6.07, 6.45) is 0.134. The Kier molecular flexibility index (Phi) is 4.82. The molecule has 120 valence electrons. The topological polar surface area (TPSA) is 95.6 Å². The van der Waals surface area contributed by atoms with E-state index in [1.807, 2.05) is 0 Å². The SMILES string of the molecule is CNC(=O)c1ccc(S(=O)(=O)N2CCNC(=O)CC2C)cc1. The van der Waals surface area contributed by atoms with E-state index in [1.165, 1.54) is 35.6 Å². The Morgan fingerprint density at radius 1 is 1.32 bits per heavy atom. The van der Waals surface area contributed by atoms with E-state index in [0.717, 1.165) is 0 Å². The van der Waals surface area contributed by atoms with Gasteiger partial charge < -0.3 is 10.6 Å². The average molecular weight is 325 g/mol. The summed E-state index contributed by atoms with van der Waals surface area (Å²) < 4.78 is 26.7. The lowest BCUT2D eigenvalue weighted by molar-refractivity contribution is -0.121. The Morgan fingerprint density at radius 3 is 2.55 bits per heavy atom. The monoisotopic (exact) mass is 325 g/mol. The van der Waals surface area contributed by atoms with E-state index in [4.69, 9.17) is 0 Å². The van der Waals surface area contributed by atoms with Crippen molar-refractivity contribution >= 4 is 21.8 Å². The lowest BCUT2D eigenvalue weighted by Gasteiger charge is -2.25. The summed E-state index contributed by atoms with van der Waals surface area (Å²) in [6, 6.07) is 5.35. The second-order valence-corrected chi connectivity index (χ2v) is 7.01. The van der Waals surface area contributed by atoms with E-state index in [-0.39, 0.29) is 29.7 Å². The second-order valence-electron chi connectivity index (χ2n) is 5.12. The highest BCUT2D eigenvalue weighted by Crippen LogP contribution is 2.21. The molecule has 1 heterocycles. The minimum absolute atomic E-state index is 0.112. The summed E-state index contributed by atoms with van der Waals surface area (Å²) in [5.41, 5.74) is 0.391. The minimum atomic E-state index is -3.70. The highest BCUT2D eigenvalue weighted by molar-refractivity contribution is 7.89. The van der Waals surface area contributed by atoms with Crippen LogP contribution in [0.4, 0.5) is 0 Å². The summed E-state index contributed by atoms with van der Waals surface area (Å²) in [7, 11) is -2.19. The molecule has 22 heavy (non-hydrogen) atoms. The van der Waals surface area contributed by atoms with Crippen LogP contribution in [0.3, 0.4) is 0 Å². The Balaban J connectivity index is 2.29. The number of benzene rings is 1. The standard InChI is InChI=1S/C14H19N3O4S/c1-10-9-13(18)16-7-8-17(10)22(20,21)12-5-3-11(4-6-12)14(19)15-2/h3-6,10H,7-9H2,1-2H3,(H,15,19)(H,16,18). The molecule has 0 aliphatic carbocycles. The Morgan fingerprint density at radius 2 is 1.95 bits per heavy atom. The predicted molar refractivity (Wildman–Crippen MR) is 80.8 cm³/mol. The first-order chi connectivity index (χ1) is 10.4. The molecular weight excluding hydrogens is 306 g/mol. The van der Waals surface area contributed by atoms with Crippen LogP contribution in [-0.4, -0.2) is 50.7 Å². The summed E-state index contributed by atoms with van der Waals surface area (Å²) in [4.78, 5) is 23.1. The predicted octanol–water partition coefficient (Wildman–Crippen LogP) is -0.0547. The van der Waals surface area contributed by atoms with Gasteiger partial charge in [-0.1, -0.05) is 0 Å². The maximum atomic E-state index is 12.7.